The Hall–Kier alpha value is -2.77. The number of ether oxygens (including phenoxy) is 6. The van der Waals surface area contributed by atoms with Crippen LogP contribution in [0.1, 0.15) is 309 Å². The van der Waals surface area contributed by atoms with Crippen LogP contribution < -0.4 is 5.32 Å². The van der Waals surface area contributed by atoms with E-state index in [1.165, 1.54) is 205 Å². The molecule has 3 aliphatic heterocycles. The first-order valence-electron chi connectivity index (χ1n) is 40.7. The number of amides is 1. The molecular formula is C82H147NO18. The Morgan fingerprint density at radius 1 is 0.366 bits per heavy atom. The maximum Gasteiger partial charge on any atom is 0.220 e. The van der Waals surface area contributed by atoms with Crippen LogP contribution in [0.15, 0.2) is 72.9 Å². The van der Waals surface area contributed by atoms with Crippen molar-refractivity contribution in [2.75, 3.05) is 26.4 Å². The highest BCUT2D eigenvalue weighted by molar-refractivity contribution is 5.76. The van der Waals surface area contributed by atoms with Crippen molar-refractivity contribution >= 4 is 5.91 Å². The van der Waals surface area contributed by atoms with Crippen molar-refractivity contribution in [1.29, 1.82) is 0 Å². The quantitative estimate of drug-likeness (QED) is 0.0199. The lowest BCUT2D eigenvalue weighted by Crippen LogP contribution is -2.66. The van der Waals surface area contributed by atoms with Crippen LogP contribution in [0.5, 0.6) is 0 Å². The second-order valence-corrected chi connectivity index (χ2v) is 28.9. The molecule has 17 unspecified atom stereocenters. The average Bonchev–Trinajstić information content (AvgIpc) is 0.792. The minimum atomic E-state index is -1.98. The predicted molar refractivity (Wildman–Crippen MR) is 401 cm³/mol. The molecule has 0 aromatic rings. The Labute approximate surface area is 610 Å². The topological polar surface area (TPSA) is 307 Å². The molecule has 588 valence electrons. The number of carbonyl (C=O) groups excluding carboxylic acids is 1. The molecular weight excluding hydrogens is 1290 g/mol. The first-order valence-corrected chi connectivity index (χ1v) is 40.7. The molecule has 19 heteroatoms. The average molecular weight is 1440 g/mol. The highest BCUT2D eigenvalue weighted by Crippen LogP contribution is 2.33. The Balaban J connectivity index is 1.30. The number of aliphatic hydroxyl groups excluding tert-OH is 11. The Bertz CT molecular complexity index is 2110. The summed E-state index contributed by atoms with van der Waals surface area (Å²) in [5, 5.41) is 121. The smallest absolute Gasteiger partial charge is 0.220 e. The van der Waals surface area contributed by atoms with E-state index in [-0.39, 0.29) is 18.9 Å². The molecule has 12 N–H and O–H groups in total. The summed E-state index contributed by atoms with van der Waals surface area (Å²) in [5.74, 6) is -0.271. The highest BCUT2D eigenvalue weighted by Gasteiger charge is 2.54. The molecule has 1 amide bonds. The third-order valence-electron chi connectivity index (χ3n) is 20.0. The monoisotopic (exact) mass is 1430 g/mol. The van der Waals surface area contributed by atoms with Gasteiger partial charge in [-0.3, -0.25) is 4.79 Å². The molecule has 3 saturated heterocycles. The number of carbonyl (C=O) groups is 1. The maximum absolute atomic E-state index is 13.5. The van der Waals surface area contributed by atoms with E-state index in [1.54, 1.807) is 6.08 Å². The van der Waals surface area contributed by atoms with Crippen molar-refractivity contribution in [1.82, 2.24) is 5.32 Å². The zero-order chi connectivity index (χ0) is 73.2. The third kappa shape index (κ3) is 42.4. The van der Waals surface area contributed by atoms with Crippen molar-refractivity contribution in [3.05, 3.63) is 72.9 Å². The van der Waals surface area contributed by atoms with Crippen molar-refractivity contribution < 1.29 is 89.4 Å². The molecule has 0 bridgehead atoms. The summed E-state index contributed by atoms with van der Waals surface area (Å²) in [6.07, 6.45) is 54.7. The van der Waals surface area contributed by atoms with Gasteiger partial charge in [0.25, 0.3) is 0 Å². The Morgan fingerprint density at radius 3 is 1.07 bits per heavy atom. The summed E-state index contributed by atoms with van der Waals surface area (Å²) in [6, 6.07) is -0.974. The molecule has 0 spiro atoms. The van der Waals surface area contributed by atoms with E-state index in [9.17, 15) is 61.0 Å². The fourth-order valence-electron chi connectivity index (χ4n) is 13.5. The standard InChI is InChI=1S/C82H147NO18/c1-3-5-7-9-11-13-15-17-19-21-22-23-24-25-26-27-28-29-30-31-32-33-34-35-36-37-38-39-40-41-42-44-46-48-50-52-54-56-58-60-70(88)83-65(66(87)59-57-55-53-51-49-47-45-43-20-18-16-14-12-10-8-6-4-2)64-96-80-76(94)73(91)78(68(62-85)98-80)101-82-77(95)74(92)79(69(63-86)99-82)100-81-75(93)72(90)71(89)67(61-84)97-81/h5,7,11,13,17,19,22-23,25-26,57,59,65-69,71-82,84-87,89-95H,3-4,6,8-10,12,14-16,18,20-21,24,27-56,58,60-64H2,1-2H3,(H,83,88)/b7-5-,13-11-,19-17-,23-22-,26-25-,59-57+. The summed E-state index contributed by atoms with van der Waals surface area (Å²) >= 11 is 0. The number of hydrogen-bond donors (Lipinski definition) is 12. The second-order valence-electron chi connectivity index (χ2n) is 28.9. The van der Waals surface area contributed by atoms with E-state index >= 15 is 0 Å². The third-order valence-corrected chi connectivity index (χ3v) is 20.0. The number of nitrogens with one attached hydrogen (secondary N) is 1. The molecule has 0 radical (unpaired) electrons. The first kappa shape index (κ1) is 92.4. The minimum absolute atomic E-state index is 0.245. The molecule has 19 nitrogen and oxygen atoms in total. The molecule has 0 aromatic carbocycles. The van der Waals surface area contributed by atoms with Crippen LogP contribution in [0.2, 0.25) is 0 Å². The fraction of sp³-hybridized carbons (Fsp3) is 0.841. The first-order chi connectivity index (χ1) is 49.3. The van der Waals surface area contributed by atoms with E-state index in [1.807, 2.05) is 6.08 Å². The van der Waals surface area contributed by atoms with Crippen LogP contribution in [0.25, 0.3) is 0 Å². The van der Waals surface area contributed by atoms with Crippen LogP contribution in [-0.4, -0.2) is 193 Å². The predicted octanol–water partition coefficient (Wildman–Crippen LogP) is 13.6. The van der Waals surface area contributed by atoms with Gasteiger partial charge in [-0.25, -0.2) is 0 Å². The Kier molecular flexibility index (Phi) is 57.0. The van der Waals surface area contributed by atoms with Gasteiger partial charge in [-0.1, -0.05) is 311 Å². The van der Waals surface area contributed by atoms with Gasteiger partial charge < -0.3 is 89.9 Å². The van der Waals surface area contributed by atoms with Gasteiger partial charge in [0.1, 0.15) is 73.2 Å². The molecule has 3 heterocycles. The van der Waals surface area contributed by atoms with E-state index < -0.39 is 124 Å². The zero-order valence-electron chi connectivity index (χ0n) is 62.9. The van der Waals surface area contributed by atoms with Gasteiger partial charge in [0.2, 0.25) is 5.91 Å². The molecule has 3 aliphatic rings. The maximum atomic E-state index is 13.5. The van der Waals surface area contributed by atoms with E-state index in [0.717, 1.165) is 77.0 Å². The number of allylic oxidation sites excluding steroid dienone is 11. The molecule has 101 heavy (non-hydrogen) atoms. The fourth-order valence-corrected chi connectivity index (χ4v) is 13.5. The van der Waals surface area contributed by atoms with E-state index in [2.05, 4.69) is 79.9 Å². The normalized spacial score (nSPS) is 26.7. The number of unbranched alkanes of at least 4 members (excludes halogenated alkanes) is 38. The molecule has 0 aromatic heterocycles. The van der Waals surface area contributed by atoms with Crippen LogP contribution >= 0.6 is 0 Å². The highest BCUT2D eigenvalue weighted by atomic mass is 16.8. The van der Waals surface area contributed by atoms with Crippen molar-refractivity contribution in [3.63, 3.8) is 0 Å². The summed E-state index contributed by atoms with van der Waals surface area (Å²) in [7, 11) is 0. The molecule has 0 saturated carbocycles. The number of aliphatic hydroxyl groups is 11. The molecule has 3 rings (SSSR count). The lowest BCUT2D eigenvalue weighted by atomic mass is 9.96. The lowest BCUT2D eigenvalue weighted by molar-refractivity contribution is -0.379. The number of hydrogen-bond acceptors (Lipinski definition) is 18. The minimum Gasteiger partial charge on any atom is -0.394 e. The SMILES string of the molecule is CC/C=C\C/C=C\C/C=C\C/C=C\C/C=C\CCCCCCCCCCCCCCCCCCCCCCCCCC(=O)NC(COC1OC(CO)C(OC2OC(CO)C(OC3OC(CO)C(O)C(O)C3O)C(O)C2O)C(O)C1O)C(O)/C=C/CCCCCCCCCCCCCCCCC. The summed E-state index contributed by atoms with van der Waals surface area (Å²) in [4.78, 5) is 13.5. The van der Waals surface area contributed by atoms with E-state index in [4.69, 9.17) is 28.4 Å². The van der Waals surface area contributed by atoms with Crippen LogP contribution in [0.4, 0.5) is 0 Å². The lowest BCUT2D eigenvalue weighted by Gasteiger charge is -2.48. The van der Waals surface area contributed by atoms with Gasteiger partial charge >= 0.3 is 0 Å². The van der Waals surface area contributed by atoms with Crippen molar-refractivity contribution in [2.24, 2.45) is 0 Å². The summed E-state index contributed by atoms with van der Waals surface area (Å²) in [6.45, 7) is 1.65. The van der Waals surface area contributed by atoms with Gasteiger partial charge in [0, 0.05) is 6.42 Å². The van der Waals surface area contributed by atoms with Gasteiger partial charge in [0.15, 0.2) is 18.9 Å². The van der Waals surface area contributed by atoms with Crippen LogP contribution in [0, 0.1) is 0 Å². The van der Waals surface area contributed by atoms with Gasteiger partial charge in [-0.05, 0) is 64.2 Å². The van der Waals surface area contributed by atoms with Gasteiger partial charge in [0.05, 0.1) is 38.6 Å². The largest absolute Gasteiger partial charge is 0.394 e. The van der Waals surface area contributed by atoms with Crippen molar-refractivity contribution in [3.8, 4) is 0 Å². The summed E-state index contributed by atoms with van der Waals surface area (Å²) in [5.41, 5.74) is 0. The summed E-state index contributed by atoms with van der Waals surface area (Å²) < 4.78 is 34.4. The van der Waals surface area contributed by atoms with Crippen LogP contribution in [-0.2, 0) is 33.2 Å². The van der Waals surface area contributed by atoms with Crippen LogP contribution in [0.3, 0.4) is 0 Å². The Morgan fingerprint density at radius 2 is 0.683 bits per heavy atom. The van der Waals surface area contributed by atoms with Crippen molar-refractivity contribution in [2.45, 2.75) is 413 Å². The second kappa shape index (κ2) is 62.3. The van der Waals surface area contributed by atoms with E-state index in [0.29, 0.717) is 6.42 Å². The zero-order valence-corrected chi connectivity index (χ0v) is 62.9. The molecule has 0 aliphatic carbocycles. The van der Waals surface area contributed by atoms with Gasteiger partial charge in [-0.15, -0.1) is 0 Å². The molecule has 17 atom stereocenters. The number of rotatable bonds is 64. The molecule has 3 fully saturated rings. The van der Waals surface area contributed by atoms with Gasteiger partial charge in [-0.2, -0.15) is 0 Å².